The van der Waals surface area contributed by atoms with Crippen LogP contribution in [0, 0.1) is 0 Å². The molecule has 0 aromatic carbocycles. The molecule has 0 fully saturated rings. The number of aliphatic hydroxyl groups excluding tert-OH is 1. The summed E-state index contributed by atoms with van der Waals surface area (Å²) in [5.74, 6) is -1.96. The Morgan fingerprint density at radius 2 is 1.36 bits per heavy atom. The van der Waals surface area contributed by atoms with Gasteiger partial charge in [-0.3, -0.25) is 0 Å². The predicted octanol–water partition coefficient (Wildman–Crippen LogP) is -0.669. The van der Waals surface area contributed by atoms with Crippen molar-refractivity contribution < 1.29 is 24.2 Å². The van der Waals surface area contributed by atoms with Crippen LogP contribution in [0.2, 0.25) is 0 Å². The molecule has 0 amide bonds. The second-order valence-corrected chi connectivity index (χ2v) is 1.30. The van der Waals surface area contributed by atoms with E-state index < -0.39 is 11.9 Å². The third kappa shape index (κ3) is 8.90. The van der Waals surface area contributed by atoms with E-state index in [1.165, 1.54) is 0 Å². The zero-order valence-corrected chi connectivity index (χ0v) is 6.79. The largest absolute Gasteiger partial charge is 0.461 e. The number of carbonyl (C=O) groups is 2. The molecule has 0 unspecified atom stereocenters. The Morgan fingerprint density at radius 1 is 1.18 bits per heavy atom. The van der Waals surface area contributed by atoms with Crippen molar-refractivity contribution in [2.75, 3.05) is 20.8 Å². The molecule has 66 valence electrons. The number of aliphatic hydroxyl groups is 1. The lowest BCUT2D eigenvalue weighted by Crippen LogP contribution is -2.16. The van der Waals surface area contributed by atoms with Gasteiger partial charge in [-0.15, -0.1) is 0 Å². The first-order valence-electron chi connectivity index (χ1n) is 2.91. The average molecular weight is 164 g/mol. The fraction of sp³-hybridized carbons (Fsp3) is 0.667. The van der Waals surface area contributed by atoms with Crippen LogP contribution in [0.15, 0.2) is 0 Å². The molecule has 0 rings (SSSR count). The first-order chi connectivity index (χ1) is 5.13. The van der Waals surface area contributed by atoms with Gasteiger partial charge in [0.15, 0.2) is 0 Å². The first kappa shape index (κ1) is 12.6. The Balaban J connectivity index is 0. The highest BCUT2D eigenvalue weighted by Crippen LogP contribution is 1.75. The fourth-order valence-electron chi connectivity index (χ4n) is 0.167. The molecule has 0 aliphatic rings. The van der Waals surface area contributed by atoms with Gasteiger partial charge in [0.1, 0.15) is 0 Å². The lowest BCUT2D eigenvalue weighted by atomic mass is 10.7. The smallest absolute Gasteiger partial charge is 0.417 e. The lowest BCUT2D eigenvalue weighted by molar-refractivity contribution is -0.164. The summed E-state index contributed by atoms with van der Waals surface area (Å²) in [5.41, 5.74) is 0. The van der Waals surface area contributed by atoms with E-state index in [0.29, 0.717) is 0 Å². The molecule has 0 aromatic rings. The van der Waals surface area contributed by atoms with E-state index in [2.05, 4.69) is 9.47 Å². The highest BCUT2D eigenvalue weighted by Gasteiger charge is 2.11. The summed E-state index contributed by atoms with van der Waals surface area (Å²) in [6.45, 7) is 1.93. The highest BCUT2D eigenvalue weighted by molar-refractivity contribution is 6.29. The van der Waals surface area contributed by atoms with Gasteiger partial charge < -0.3 is 14.6 Å². The van der Waals surface area contributed by atoms with Gasteiger partial charge in [-0.2, -0.15) is 0 Å². The Hall–Kier alpha value is -1.10. The molecule has 11 heavy (non-hydrogen) atoms. The van der Waals surface area contributed by atoms with E-state index >= 15 is 0 Å². The number of hydrogen-bond acceptors (Lipinski definition) is 5. The van der Waals surface area contributed by atoms with Crippen molar-refractivity contribution in [3.05, 3.63) is 0 Å². The summed E-state index contributed by atoms with van der Waals surface area (Å²) < 4.78 is 7.98. The van der Waals surface area contributed by atoms with Crippen molar-refractivity contribution in [1.82, 2.24) is 0 Å². The lowest BCUT2D eigenvalue weighted by Gasteiger charge is -1.92. The van der Waals surface area contributed by atoms with Crippen LogP contribution in [0.1, 0.15) is 6.92 Å². The van der Waals surface area contributed by atoms with Crippen molar-refractivity contribution in [3.8, 4) is 0 Å². The molecule has 0 spiro atoms. The molecule has 0 radical (unpaired) electrons. The molecule has 0 heterocycles. The van der Waals surface area contributed by atoms with Crippen molar-refractivity contribution in [2.24, 2.45) is 0 Å². The zero-order chi connectivity index (χ0) is 9.28. The molecule has 5 heteroatoms. The predicted molar refractivity (Wildman–Crippen MR) is 36.8 cm³/mol. The zero-order valence-electron chi connectivity index (χ0n) is 6.79. The number of rotatable bonds is 0. The van der Waals surface area contributed by atoms with E-state index in [1.54, 1.807) is 6.92 Å². The van der Waals surface area contributed by atoms with Crippen molar-refractivity contribution >= 4 is 11.9 Å². The third-order valence-corrected chi connectivity index (χ3v) is 0.537. The standard InChI is InChI=1S/C4H6O4.C2H6O/c1-7-3(5)4(6)8-2;1-2-3/h1-2H3;3H,2H2,1H3. The van der Waals surface area contributed by atoms with Crippen LogP contribution in [0.5, 0.6) is 0 Å². The molecule has 0 saturated heterocycles. The minimum absolute atomic E-state index is 0.250. The number of carbonyl (C=O) groups excluding carboxylic acids is 2. The van der Waals surface area contributed by atoms with Crippen molar-refractivity contribution in [2.45, 2.75) is 6.92 Å². The Bertz CT molecular complexity index is 106. The maximum Gasteiger partial charge on any atom is 0.417 e. The maximum atomic E-state index is 10.0. The van der Waals surface area contributed by atoms with Gasteiger partial charge in [0.2, 0.25) is 0 Å². The van der Waals surface area contributed by atoms with Gasteiger partial charge in [-0.05, 0) is 6.92 Å². The Kier molecular flexibility index (Phi) is 10.2. The van der Waals surface area contributed by atoms with E-state index in [9.17, 15) is 9.59 Å². The van der Waals surface area contributed by atoms with E-state index in [4.69, 9.17) is 5.11 Å². The normalized spacial score (nSPS) is 7.27. The van der Waals surface area contributed by atoms with Crippen LogP contribution in [0.3, 0.4) is 0 Å². The van der Waals surface area contributed by atoms with Crippen molar-refractivity contribution in [3.63, 3.8) is 0 Å². The monoisotopic (exact) mass is 164 g/mol. The first-order valence-corrected chi connectivity index (χ1v) is 2.91. The van der Waals surface area contributed by atoms with Crippen LogP contribution < -0.4 is 0 Å². The third-order valence-electron chi connectivity index (χ3n) is 0.537. The fourth-order valence-corrected chi connectivity index (χ4v) is 0.167. The SMILES string of the molecule is CCO.COC(=O)C(=O)OC. The maximum absolute atomic E-state index is 10.0. The van der Waals surface area contributed by atoms with Gasteiger partial charge in [-0.1, -0.05) is 0 Å². The second-order valence-electron chi connectivity index (χ2n) is 1.30. The average Bonchev–Trinajstić information content (AvgIpc) is 2.03. The summed E-state index contributed by atoms with van der Waals surface area (Å²) in [4.78, 5) is 20.1. The molecule has 0 aromatic heterocycles. The number of hydrogen-bond donors (Lipinski definition) is 1. The van der Waals surface area contributed by atoms with E-state index in [-0.39, 0.29) is 6.61 Å². The molecular formula is C6H12O5. The molecule has 0 bridgehead atoms. The minimum atomic E-state index is -0.979. The van der Waals surface area contributed by atoms with Crippen LogP contribution in [-0.4, -0.2) is 37.9 Å². The van der Waals surface area contributed by atoms with Gasteiger partial charge in [0, 0.05) is 6.61 Å². The topological polar surface area (TPSA) is 72.8 Å². The highest BCUT2D eigenvalue weighted by atomic mass is 16.6. The van der Waals surface area contributed by atoms with Crippen LogP contribution in [0.4, 0.5) is 0 Å². The molecule has 1 N–H and O–H groups in total. The molecule has 0 aliphatic heterocycles. The van der Waals surface area contributed by atoms with Gasteiger partial charge in [0.25, 0.3) is 0 Å². The summed E-state index contributed by atoms with van der Waals surface area (Å²) in [6, 6.07) is 0. The van der Waals surface area contributed by atoms with Crippen LogP contribution in [0.25, 0.3) is 0 Å². The minimum Gasteiger partial charge on any atom is -0.461 e. The molecule has 0 aliphatic carbocycles. The Labute approximate surface area is 64.9 Å². The summed E-state index contributed by atoms with van der Waals surface area (Å²) in [5, 5.41) is 7.57. The van der Waals surface area contributed by atoms with Crippen LogP contribution in [-0.2, 0) is 19.1 Å². The summed E-state index contributed by atoms with van der Waals surface area (Å²) in [7, 11) is 2.22. The molecule has 5 nitrogen and oxygen atoms in total. The van der Waals surface area contributed by atoms with Gasteiger partial charge in [0.05, 0.1) is 14.2 Å². The number of esters is 2. The summed E-state index contributed by atoms with van der Waals surface area (Å²) >= 11 is 0. The van der Waals surface area contributed by atoms with E-state index in [0.717, 1.165) is 14.2 Å². The van der Waals surface area contributed by atoms with Crippen molar-refractivity contribution in [1.29, 1.82) is 0 Å². The summed E-state index contributed by atoms with van der Waals surface area (Å²) in [6.07, 6.45) is 0. The second kappa shape index (κ2) is 8.90. The quantitative estimate of drug-likeness (QED) is 0.379. The van der Waals surface area contributed by atoms with E-state index in [1.807, 2.05) is 0 Å². The molecule has 0 atom stereocenters. The Morgan fingerprint density at radius 3 is 1.45 bits per heavy atom. The molecule has 0 saturated carbocycles. The van der Waals surface area contributed by atoms with Gasteiger partial charge in [-0.25, -0.2) is 9.59 Å². The van der Waals surface area contributed by atoms with Crippen LogP contribution >= 0.6 is 0 Å². The number of methoxy groups -OCH3 is 2. The number of ether oxygens (including phenoxy) is 2. The molecular weight excluding hydrogens is 152 g/mol. The van der Waals surface area contributed by atoms with Gasteiger partial charge >= 0.3 is 11.9 Å².